The van der Waals surface area contributed by atoms with Crippen molar-refractivity contribution in [3.63, 3.8) is 0 Å². The monoisotopic (exact) mass is 242 g/mol. The number of aliphatic hydroxyl groups excluding tert-OH is 1. The molecule has 0 aromatic carbocycles. The van der Waals surface area contributed by atoms with Crippen molar-refractivity contribution in [2.75, 3.05) is 20.1 Å². The molecule has 0 aliphatic heterocycles. The summed E-state index contributed by atoms with van der Waals surface area (Å²) >= 11 is 0. The lowest BCUT2D eigenvalue weighted by molar-refractivity contribution is -0.123. The first kappa shape index (κ1) is 14.5. The summed E-state index contributed by atoms with van der Waals surface area (Å²) in [6, 6.07) is 0.224. The van der Waals surface area contributed by atoms with Crippen molar-refractivity contribution in [2.45, 2.75) is 45.8 Å². The van der Waals surface area contributed by atoms with E-state index in [-0.39, 0.29) is 18.1 Å². The molecule has 0 spiro atoms. The number of aliphatic hydroxyl groups is 1. The first-order valence-corrected chi connectivity index (χ1v) is 6.54. The fourth-order valence-electron chi connectivity index (χ4n) is 2.07. The lowest BCUT2D eigenvalue weighted by Gasteiger charge is -2.34. The van der Waals surface area contributed by atoms with Gasteiger partial charge in [0, 0.05) is 12.6 Å². The molecule has 1 saturated carbocycles. The van der Waals surface area contributed by atoms with Crippen LogP contribution in [0.25, 0.3) is 0 Å². The summed E-state index contributed by atoms with van der Waals surface area (Å²) < 4.78 is 0. The SMILES string of the molecule is CC(C)C(C)NC(=O)CN(C)CC1CC(O)C1. The van der Waals surface area contributed by atoms with Crippen LogP contribution in [0.5, 0.6) is 0 Å². The molecule has 4 nitrogen and oxygen atoms in total. The van der Waals surface area contributed by atoms with Crippen molar-refractivity contribution in [3.05, 3.63) is 0 Å². The number of hydrogen-bond donors (Lipinski definition) is 2. The van der Waals surface area contributed by atoms with E-state index < -0.39 is 0 Å². The van der Waals surface area contributed by atoms with Gasteiger partial charge in [-0.15, -0.1) is 0 Å². The number of carbonyl (C=O) groups is 1. The van der Waals surface area contributed by atoms with Crippen LogP contribution < -0.4 is 5.32 Å². The van der Waals surface area contributed by atoms with Crippen LogP contribution in [0, 0.1) is 11.8 Å². The molecule has 100 valence electrons. The van der Waals surface area contributed by atoms with E-state index in [4.69, 9.17) is 0 Å². The first-order valence-electron chi connectivity index (χ1n) is 6.54. The van der Waals surface area contributed by atoms with Crippen LogP contribution in [-0.2, 0) is 4.79 Å². The zero-order valence-corrected chi connectivity index (χ0v) is 11.4. The molecule has 1 aliphatic rings. The molecule has 0 radical (unpaired) electrons. The molecule has 1 atom stereocenters. The second kappa shape index (κ2) is 6.36. The Bertz CT molecular complexity index is 250. The van der Waals surface area contributed by atoms with E-state index in [1.807, 2.05) is 18.9 Å². The van der Waals surface area contributed by atoms with Gasteiger partial charge in [0.15, 0.2) is 0 Å². The summed E-state index contributed by atoms with van der Waals surface area (Å²) in [6.07, 6.45) is 1.66. The molecule has 4 heteroatoms. The predicted octanol–water partition coefficient (Wildman–Crippen LogP) is 0.850. The molecule has 0 saturated heterocycles. The molecule has 2 N–H and O–H groups in total. The molecule has 0 bridgehead atoms. The highest BCUT2D eigenvalue weighted by Gasteiger charge is 2.28. The minimum atomic E-state index is -0.108. The van der Waals surface area contributed by atoms with Gasteiger partial charge in [-0.2, -0.15) is 0 Å². The Morgan fingerprint density at radius 1 is 1.41 bits per heavy atom. The summed E-state index contributed by atoms with van der Waals surface area (Å²) in [7, 11) is 1.96. The number of amides is 1. The van der Waals surface area contributed by atoms with Gasteiger partial charge < -0.3 is 10.4 Å². The van der Waals surface area contributed by atoms with E-state index >= 15 is 0 Å². The van der Waals surface area contributed by atoms with E-state index in [1.54, 1.807) is 0 Å². The molecule has 1 unspecified atom stereocenters. The average molecular weight is 242 g/mol. The molecule has 1 aliphatic carbocycles. The highest BCUT2D eigenvalue weighted by molar-refractivity contribution is 5.78. The van der Waals surface area contributed by atoms with Gasteiger partial charge in [-0.3, -0.25) is 9.69 Å². The van der Waals surface area contributed by atoms with Gasteiger partial charge in [0.25, 0.3) is 0 Å². The van der Waals surface area contributed by atoms with Gasteiger partial charge in [0.05, 0.1) is 12.6 Å². The topological polar surface area (TPSA) is 52.6 Å². The van der Waals surface area contributed by atoms with E-state index in [1.165, 1.54) is 0 Å². The molecular formula is C13H26N2O2. The quantitative estimate of drug-likeness (QED) is 0.726. The second-order valence-corrected chi connectivity index (χ2v) is 5.79. The third kappa shape index (κ3) is 5.04. The number of likely N-dealkylation sites (N-methyl/N-ethyl adjacent to an activating group) is 1. The molecule has 0 aromatic rings. The van der Waals surface area contributed by atoms with Crippen LogP contribution in [-0.4, -0.2) is 48.2 Å². The van der Waals surface area contributed by atoms with Crippen LogP contribution in [0.2, 0.25) is 0 Å². The maximum atomic E-state index is 11.7. The molecule has 1 fully saturated rings. The molecule has 0 heterocycles. The minimum Gasteiger partial charge on any atom is -0.393 e. The summed E-state index contributed by atoms with van der Waals surface area (Å²) in [5.74, 6) is 1.12. The Hall–Kier alpha value is -0.610. The van der Waals surface area contributed by atoms with Gasteiger partial charge in [-0.05, 0) is 38.6 Å². The van der Waals surface area contributed by atoms with Crippen molar-refractivity contribution in [1.82, 2.24) is 10.2 Å². The molecule has 17 heavy (non-hydrogen) atoms. The summed E-state index contributed by atoms with van der Waals surface area (Å²) in [5, 5.41) is 12.2. The van der Waals surface area contributed by atoms with E-state index in [9.17, 15) is 9.90 Å². The van der Waals surface area contributed by atoms with Crippen LogP contribution >= 0.6 is 0 Å². The van der Waals surface area contributed by atoms with Crippen molar-refractivity contribution in [1.29, 1.82) is 0 Å². The smallest absolute Gasteiger partial charge is 0.234 e. The fourth-order valence-corrected chi connectivity index (χ4v) is 2.07. The average Bonchev–Trinajstić information content (AvgIpc) is 2.14. The number of carbonyl (C=O) groups excluding carboxylic acids is 1. The Morgan fingerprint density at radius 3 is 2.47 bits per heavy atom. The third-order valence-electron chi connectivity index (χ3n) is 3.58. The van der Waals surface area contributed by atoms with E-state index in [0.717, 1.165) is 19.4 Å². The zero-order chi connectivity index (χ0) is 13.0. The number of hydrogen-bond acceptors (Lipinski definition) is 3. The second-order valence-electron chi connectivity index (χ2n) is 5.79. The standard InChI is InChI=1S/C13H26N2O2/c1-9(2)10(3)14-13(17)8-15(4)7-11-5-12(16)6-11/h9-12,16H,5-8H2,1-4H3,(H,14,17). The molecule has 1 rings (SSSR count). The lowest BCUT2D eigenvalue weighted by Crippen LogP contribution is -2.44. The van der Waals surface area contributed by atoms with Gasteiger partial charge in [-0.25, -0.2) is 0 Å². The molecule has 1 amide bonds. The van der Waals surface area contributed by atoms with Gasteiger partial charge in [-0.1, -0.05) is 13.8 Å². The Labute approximate surface area is 104 Å². The fraction of sp³-hybridized carbons (Fsp3) is 0.923. The maximum Gasteiger partial charge on any atom is 0.234 e. The van der Waals surface area contributed by atoms with E-state index in [2.05, 4.69) is 19.2 Å². The summed E-state index contributed by atoms with van der Waals surface area (Å²) in [4.78, 5) is 13.8. The van der Waals surface area contributed by atoms with Crippen LogP contribution in [0.15, 0.2) is 0 Å². The largest absolute Gasteiger partial charge is 0.393 e. The lowest BCUT2D eigenvalue weighted by atomic mass is 9.82. The normalized spacial score (nSPS) is 25.8. The van der Waals surface area contributed by atoms with E-state index in [0.29, 0.717) is 18.4 Å². The van der Waals surface area contributed by atoms with Gasteiger partial charge >= 0.3 is 0 Å². The van der Waals surface area contributed by atoms with Gasteiger partial charge in [0.1, 0.15) is 0 Å². The number of nitrogens with one attached hydrogen (secondary N) is 1. The van der Waals surface area contributed by atoms with Crippen molar-refractivity contribution < 1.29 is 9.90 Å². The van der Waals surface area contributed by atoms with Crippen molar-refractivity contribution >= 4 is 5.91 Å². The zero-order valence-electron chi connectivity index (χ0n) is 11.4. The van der Waals surface area contributed by atoms with Crippen LogP contribution in [0.1, 0.15) is 33.6 Å². The summed E-state index contributed by atoms with van der Waals surface area (Å²) in [6.45, 7) is 7.59. The number of rotatable bonds is 6. The maximum absolute atomic E-state index is 11.7. The highest BCUT2D eigenvalue weighted by Crippen LogP contribution is 2.27. The Morgan fingerprint density at radius 2 is 2.00 bits per heavy atom. The van der Waals surface area contributed by atoms with Crippen LogP contribution in [0.3, 0.4) is 0 Å². The third-order valence-corrected chi connectivity index (χ3v) is 3.58. The number of nitrogens with zero attached hydrogens (tertiary/aromatic N) is 1. The molecular weight excluding hydrogens is 216 g/mol. The predicted molar refractivity (Wildman–Crippen MR) is 68.7 cm³/mol. The highest BCUT2D eigenvalue weighted by atomic mass is 16.3. The van der Waals surface area contributed by atoms with Crippen molar-refractivity contribution in [2.24, 2.45) is 11.8 Å². The van der Waals surface area contributed by atoms with Crippen molar-refractivity contribution in [3.8, 4) is 0 Å². The Balaban J connectivity index is 2.17. The Kier molecular flexibility index (Phi) is 5.40. The summed E-state index contributed by atoms with van der Waals surface area (Å²) in [5.41, 5.74) is 0. The first-order chi connectivity index (χ1) is 7.88. The van der Waals surface area contributed by atoms with Crippen LogP contribution in [0.4, 0.5) is 0 Å². The van der Waals surface area contributed by atoms with Gasteiger partial charge in [0.2, 0.25) is 5.91 Å². The minimum absolute atomic E-state index is 0.0913. The molecule has 0 aromatic heterocycles.